The summed E-state index contributed by atoms with van der Waals surface area (Å²) >= 11 is 6.41. The number of thiophene rings is 1. The summed E-state index contributed by atoms with van der Waals surface area (Å²) in [5.41, 5.74) is 1.05. The second kappa shape index (κ2) is 9.99. The topological polar surface area (TPSA) is 72.7 Å². The minimum Gasteiger partial charge on any atom is -0.310 e. The van der Waals surface area contributed by atoms with E-state index in [0.717, 1.165) is 28.7 Å². The number of anilines is 1. The Morgan fingerprint density at radius 1 is 1.43 bits per heavy atom. The molecule has 0 saturated carbocycles. The molecule has 6 nitrogen and oxygen atoms in total. The number of carbonyl (C=O) groups excluding carboxylic acids is 1. The lowest BCUT2D eigenvalue weighted by Gasteiger charge is -2.07. The maximum Gasteiger partial charge on any atom is 0.236 e. The van der Waals surface area contributed by atoms with Gasteiger partial charge in [-0.2, -0.15) is 0 Å². The molecule has 1 N–H and O–H groups in total. The van der Waals surface area contributed by atoms with Crippen LogP contribution in [0.1, 0.15) is 18.2 Å². The standard InChI is InChI=1S/C19H20BrN5OS2/c1-3-5-15-9-13(11-27-15)18-23-24-19(25(18)8-4-2)28-12-17(26)22-16-7-6-14(20)10-21-16/h4,6-7,9-11H,2-3,5,8,12H2,1H3,(H,21,22,26). The number of halogens is 1. The first kappa shape index (κ1) is 20.8. The van der Waals surface area contributed by atoms with Crippen LogP contribution in [0, 0.1) is 0 Å². The van der Waals surface area contributed by atoms with Crippen molar-refractivity contribution < 1.29 is 4.79 Å². The van der Waals surface area contributed by atoms with E-state index < -0.39 is 0 Å². The maximum atomic E-state index is 12.2. The Morgan fingerprint density at radius 3 is 3.00 bits per heavy atom. The number of amides is 1. The van der Waals surface area contributed by atoms with Crippen molar-refractivity contribution in [3.05, 3.63) is 51.8 Å². The summed E-state index contributed by atoms with van der Waals surface area (Å²) in [4.78, 5) is 17.7. The number of aromatic nitrogens is 4. The van der Waals surface area contributed by atoms with E-state index >= 15 is 0 Å². The molecule has 0 fully saturated rings. The molecule has 3 rings (SSSR count). The summed E-state index contributed by atoms with van der Waals surface area (Å²) < 4.78 is 2.85. The Morgan fingerprint density at radius 2 is 2.29 bits per heavy atom. The number of carbonyl (C=O) groups is 1. The number of allylic oxidation sites excluding steroid dienone is 1. The molecule has 0 unspecified atom stereocenters. The Balaban J connectivity index is 1.69. The number of aryl methyl sites for hydroxylation is 1. The molecule has 1 amide bonds. The molecular formula is C19H20BrN5OS2. The molecule has 0 bridgehead atoms. The number of hydrogen-bond acceptors (Lipinski definition) is 6. The molecule has 0 radical (unpaired) electrons. The Kier molecular flexibility index (Phi) is 7.41. The highest BCUT2D eigenvalue weighted by Gasteiger charge is 2.16. The van der Waals surface area contributed by atoms with Gasteiger partial charge in [0.05, 0.1) is 5.75 Å². The molecule has 28 heavy (non-hydrogen) atoms. The van der Waals surface area contributed by atoms with E-state index in [2.05, 4.69) is 61.4 Å². The Bertz CT molecular complexity index is 952. The number of nitrogens with zero attached hydrogens (tertiary/aromatic N) is 4. The van der Waals surface area contributed by atoms with Gasteiger partial charge in [0.2, 0.25) is 5.91 Å². The van der Waals surface area contributed by atoms with Crippen LogP contribution < -0.4 is 5.32 Å². The molecule has 3 aromatic heterocycles. The van der Waals surface area contributed by atoms with Gasteiger partial charge in [0.25, 0.3) is 0 Å². The number of pyridine rings is 1. The SMILES string of the molecule is C=CCn1c(SCC(=O)Nc2ccc(Br)cn2)nnc1-c1csc(CCC)c1. The number of hydrogen-bond donors (Lipinski definition) is 1. The quantitative estimate of drug-likeness (QED) is 0.345. The number of nitrogens with one attached hydrogen (secondary N) is 1. The first-order valence-corrected chi connectivity index (χ1v) is 11.4. The van der Waals surface area contributed by atoms with E-state index in [1.54, 1.807) is 23.6 Å². The van der Waals surface area contributed by atoms with Crippen LogP contribution in [0.15, 0.2) is 52.1 Å². The van der Waals surface area contributed by atoms with Gasteiger partial charge in [-0.25, -0.2) is 4.98 Å². The van der Waals surface area contributed by atoms with Crippen molar-refractivity contribution >= 4 is 50.8 Å². The third-order valence-corrected chi connectivity index (χ3v) is 6.20. The summed E-state index contributed by atoms with van der Waals surface area (Å²) in [6.45, 7) is 6.58. The van der Waals surface area contributed by atoms with E-state index in [9.17, 15) is 4.79 Å². The zero-order valence-corrected chi connectivity index (χ0v) is 18.6. The lowest BCUT2D eigenvalue weighted by atomic mass is 10.2. The minimum atomic E-state index is -0.143. The molecule has 3 heterocycles. The summed E-state index contributed by atoms with van der Waals surface area (Å²) in [6.07, 6.45) is 5.63. The fourth-order valence-electron chi connectivity index (χ4n) is 2.54. The average Bonchev–Trinajstić information content (AvgIpc) is 3.29. The van der Waals surface area contributed by atoms with Gasteiger partial charge in [-0.05, 0) is 40.5 Å². The summed E-state index contributed by atoms with van der Waals surface area (Å²) in [5.74, 6) is 1.40. The number of rotatable bonds is 9. The van der Waals surface area contributed by atoms with E-state index in [1.807, 2.05) is 16.7 Å². The average molecular weight is 478 g/mol. The smallest absolute Gasteiger partial charge is 0.236 e. The van der Waals surface area contributed by atoms with Crippen molar-refractivity contribution in [2.45, 2.75) is 31.5 Å². The van der Waals surface area contributed by atoms with Gasteiger partial charge >= 0.3 is 0 Å². The third-order valence-electron chi connectivity index (χ3n) is 3.76. The van der Waals surface area contributed by atoms with Crippen molar-refractivity contribution in [1.82, 2.24) is 19.7 Å². The zero-order valence-electron chi connectivity index (χ0n) is 15.4. The van der Waals surface area contributed by atoms with Crippen LogP contribution in [0.4, 0.5) is 5.82 Å². The van der Waals surface area contributed by atoms with E-state index in [0.29, 0.717) is 17.5 Å². The first-order chi connectivity index (χ1) is 13.6. The second-order valence-electron chi connectivity index (χ2n) is 5.96. The molecule has 0 spiro atoms. The third kappa shape index (κ3) is 5.30. The van der Waals surface area contributed by atoms with E-state index in [1.165, 1.54) is 16.6 Å². The van der Waals surface area contributed by atoms with Crippen molar-refractivity contribution in [3.8, 4) is 11.4 Å². The molecule has 146 valence electrons. The van der Waals surface area contributed by atoms with Crippen LogP contribution in [-0.4, -0.2) is 31.4 Å². The number of thioether (sulfide) groups is 1. The van der Waals surface area contributed by atoms with E-state index in [4.69, 9.17) is 0 Å². The zero-order chi connectivity index (χ0) is 19.9. The molecule has 0 aliphatic heterocycles. The normalized spacial score (nSPS) is 10.8. The maximum absolute atomic E-state index is 12.2. The van der Waals surface area contributed by atoms with Gasteiger partial charge in [0, 0.05) is 33.0 Å². The van der Waals surface area contributed by atoms with Gasteiger partial charge < -0.3 is 5.32 Å². The van der Waals surface area contributed by atoms with Crippen LogP contribution in [0.2, 0.25) is 0 Å². The molecule has 3 aromatic rings. The summed E-state index contributed by atoms with van der Waals surface area (Å²) in [5, 5.41) is 14.2. The van der Waals surface area contributed by atoms with Crippen molar-refractivity contribution in [2.24, 2.45) is 0 Å². The molecule has 0 atom stereocenters. The van der Waals surface area contributed by atoms with Crippen molar-refractivity contribution in [2.75, 3.05) is 11.1 Å². The molecular weight excluding hydrogens is 458 g/mol. The van der Waals surface area contributed by atoms with Crippen LogP contribution in [0.5, 0.6) is 0 Å². The van der Waals surface area contributed by atoms with Crippen molar-refractivity contribution in [1.29, 1.82) is 0 Å². The van der Waals surface area contributed by atoms with Gasteiger partial charge in [0.15, 0.2) is 11.0 Å². The first-order valence-electron chi connectivity index (χ1n) is 8.76. The van der Waals surface area contributed by atoms with E-state index in [-0.39, 0.29) is 11.7 Å². The Labute approximate surface area is 180 Å². The van der Waals surface area contributed by atoms with Gasteiger partial charge in [-0.3, -0.25) is 9.36 Å². The molecule has 0 aliphatic carbocycles. The van der Waals surface area contributed by atoms with Crippen LogP contribution in [0.3, 0.4) is 0 Å². The molecule has 0 saturated heterocycles. The monoisotopic (exact) mass is 477 g/mol. The summed E-state index contributed by atoms with van der Waals surface area (Å²) in [7, 11) is 0. The van der Waals surface area contributed by atoms with Gasteiger partial charge in [-0.1, -0.05) is 31.2 Å². The van der Waals surface area contributed by atoms with Gasteiger partial charge in [0.1, 0.15) is 5.82 Å². The predicted octanol–water partition coefficient (Wildman–Crippen LogP) is 5.03. The second-order valence-corrected chi connectivity index (χ2v) is 8.81. The Hall–Kier alpha value is -1.97. The van der Waals surface area contributed by atoms with Crippen LogP contribution in [0.25, 0.3) is 11.4 Å². The molecule has 0 aliphatic rings. The van der Waals surface area contributed by atoms with Gasteiger partial charge in [-0.15, -0.1) is 28.1 Å². The minimum absolute atomic E-state index is 0.143. The van der Waals surface area contributed by atoms with Crippen LogP contribution >= 0.6 is 39.0 Å². The van der Waals surface area contributed by atoms with Crippen LogP contribution in [-0.2, 0) is 17.8 Å². The highest BCUT2D eigenvalue weighted by atomic mass is 79.9. The highest BCUT2D eigenvalue weighted by molar-refractivity contribution is 9.10. The fourth-order valence-corrected chi connectivity index (χ4v) is 4.49. The van der Waals surface area contributed by atoms with Crippen molar-refractivity contribution in [3.63, 3.8) is 0 Å². The lowest BCUT2D eigenvalue weighted by Crippen LogP contribution is -2.15. The predicted molar refractivity (Wildman–Crippen MR) is 119 cm³/mol. The largest absolute Gasteiger partial charge is 0.310 e. The fraction of sp³-hybridized carbons (Fsp3) is 0.263. The molecule has 9 heteroatoms. The molecule has 0 aromatic carbocycles. The summed E-state index contributed by atoms with van der Waals surface area (Å²) in [6, 6.07) is 5.74. The highest BCUT2D eigenvalue weighted by Crippen LogP contribution is 2.28. The lowest BCUT2D eigenvalue weighted by molar-refractivity contribution is -0.113.